The number of para-hydroxylation sites is 1. The molecule has 0 bridgehead atoms. The number of fused-ring (bicyclic) bond motifs is 2. The van der Waals surface area contributed by atoms with Crippen molar-refractivity contribution in [3.63, 3.8) is 0 Å². The lowest BCUT2D eigenvalue weighted by atomic mass is 10.1. The molecule has 0 atom stereocenters. The summed E-state index contributed by atoms with van der Waals surface area (Å²) >= 11 is 0. The lowest BCUT2D eigenvalue weighted by molar-refractivity contribution is -0.384. The molecule has 32 heavy (non-hydrogen) atoms. The van der Waals surface area contributed by atoms with E-state index in [1.54, 1.807) is 18.2 Å². The number of non-ortho nitro benzene ring substituents is 1. The van der Waals surface area contributed by atoms with Crippen molar-refractivity contribution in [2.75, 3.05) is 0 Å². The van der Waals surface area contributed by atoms with Crippen molar-refractivity contribution in [2.45, 2.75) is 4.90 Å². The third-order valence-corrected chi connectivity index (χ3v) is 5.54. The topological polar surface area (TPSA) is 196 Å². The minimum atomic E-state index is -4.87. The zero-order chi connectivity index (χ0) is 23.2. The number of hydrogen-bond donors (Lipinski definition) is 4. The van der Waals surface area contributed by atoms with Crippen LogP contribution < -0.4 is 5.56 Å². The average molecular weight is 456 g/mol. The SMILES string of the molecule is O=c1[nH]c2ccccc2c(O)c1N=Nc1c(O)cc(S(=O)(=O)O)c2cc([N+](=O)[O-])ccc12. The molecule has 4 aromatic rings. The number of pyridine rings is 1. The highest BCUT2D eigenvalue weighted by Gasteiger charge is 2.22. The quantitative estimate of drug-likeness (QED) is 0.154. The molecule has 3 aromatic carbocycles. The maximum Gasteiger partial charge on any atom is 0.295 e. The summed E-state index contributed by atoms with van der Waals surface area (Å²) in [5.74, 6) is -1.21. The Bertz CT molecular complexity index is 1630. The number of nitrogens with one attached hydrogen (secondary N) is 1. The number of nitro groups is 1. The predicted octanol–water partition coefficient (Wildman–Crippen LogP) is 3.66. The van der Waals surface area contributed by atoms with Crippen LogP contribution in [0.4, 0.5) is 17.1 Å². The van der Waals surface area contributed by atoms with Gasteiger partial charge in [-0.25, -0.2) is 0 Å². The Hall–Kier alpha value is -4.36. The van der Waals surface area contributed by atoms with Gasteiger partial charge in [-0.3, -0.25) is 19.5 Å². The molecule has 4 rings (SSSR count). The maximum absolute atomic E-state index is 12.3. The van der Waals surface area contributed by atoms with Gasteiger partial charge in [0.2, 0.25) is 0 Å². The lowest BCUT2D eigenvalue weighted by Gasteiger charge is -2.09. The number of rotatable bonds is 4. The molecule has 162 valence electrons. The zero-order valence-corrected chi connectivity index (χ0v) is 16.6. The molecule has 13 heteroatoms. The largest absolute Gasteiger partial charge is 0.506 e. The van der Waals surface area contributed by atoms with E-state index in [4.69, 9.17) is 0 Å². The number of aromatic hydroxyl groups is 2. The second-order valence-corrected chi connectivity index (χ2v) is 7.99. The van der Waals surface area contributed by atoms with Gasteiger partial charge in [0.1, 0.15) is 16.3 Å². The van der Waals surface area contributed by atoms with Gasteiger partial charge in [0.25, 0.3) is 21.4 Å². The van der Waals surface area contributed by atoms with Crippen molar-refractivity contribution >= 4 is 48.9 Å². The number of aromatic amines is 1. The molecule has 0 aliphatic rings. The summed E-state index contributed by atoms with van der Waals surface area (Å²) in [6.45, 7) is 0. The first-order chi connectivity index (χ1) is 15.1. The zero-order valence-electron chi connectivity index (χ0n) is 15.8. The highest BCUT2D eigenvalue weighted by Crippen LogP contribution is 2.41. The van der Waals surface area contributed by atoms with Crippen LogP contribution in [0.25, 0.3) is 21.7 Å². The molecule has 0 spiro atoms. The molecular weight excluding hydrogens is 444 g/mol. The first-order valence-corrected chi connectivity index (χ1v) is 10.2. The maximum atomic E-state index is 12.3. The first kappa shape index (κ1) is 20.9. The van der Waals surface area contributed by atoms with Gasteiger partial charge >= 0.3 is 0 Å². The van der Waals surface area contributed by atoms with Crippen LogP contribution in [0.5, 0.6) is 11.5 Å². The summed E-state index contributed by atoms with van der Waals surface area (Å²) in [7, 11) is -4.87. The monoisotopic (exact) mass is 456 g/mol. The van der Waals surface area contributed by atoms with E-state index in [1.165, 1.54) is 6.07 Å². The van der Waals surface area contributed by atoms with Gasteiger partial charge < -0.3 is 15.2 Å². The molecule has 0 radical (unpaired) electrons. The predicted molar refractivity (Wildman–Crippen MR) is 112 cm³/mol. The van der Waals surface area contributed by atoms with Crippen LogP contribution in [0.2, 0.25) is 0 Å². The van der Waals surface area contributed by atoms with Gasteiger partial charge in [-0.2, -0.15) is 8.42 Å². The molecule has 0 fully saturated rings. The van der Waals surface area contributed by atoms with E-state index in [9.17, 15) is 38.1 Å². The molecule has 1 aromatic heterocycles. The first-order valence-electron chi connectivity index (χ1n) is 8.75. The van der Waals surface area contributed by atoms with Gasteiger partial charge in [-0.15, -0.1) is 10.2 Å². The Kier molecular flexibility index (Phi) is 4.83. The van der Waals surface area contributed by atoms with Crippen molar-refractivity contribution in [3.05, 3.63) is 69.0 Å². The molecule has 0 saturated carbocycles. The number of nitro benzene ring substituents is 1. The van der Waals surface area contributed by atoms with Crippen LogP contribution in [-0.4, -0.2) is 33.1 Å². The number of aromatic nitrogens is 1. The minimum absolute atomic E-state index is 0.108. The van der Waals surface area contributed by atoms with Crippen molar-refractivity contribution in [3.8, 4) is 11.5 Å². The Morgan fingerprint density at radius 3 is 2.31 bits per heavy atom. The Balaban J connectivity index is 1.97. The summed E-state index contributed by atoms with van der Waals surface area (Å²) in [4.78, 5) is 24.4. The molecular formula is C19H12N4O8S. The summed E-state index contributed by atoms with van der Waals surface area (Å²) in [5.41, 5.74) is -1.71. The van der Waals surface area contributed by atoms with E-state index in [0.717, 1.165) is 18.2 Å². The number of benzene rings is 3. The number of azo groups is 1. The van der Waals surface area contributed by atoms with Gasteiger partial charge in [-0.1, -0.05) is 12.1 Å². The van der Waals surface area contributed by atoms with Crippen molar-refractivity contribution < 1.29 is 28.1 Å². The third-order valence-electron chi connectivity index (χ3n) is 4.64. The number of phenols is 1. The molecule has 12 nitrogen and oxygen atoms in total. The van der Waals surface area contributed by atoms with E-state index in [0.29, 0.717) is 11.6 Å². The number of phenolic OH excluding ortho intramolecular Hbond substituents is 1. The summed E-state index contributed by atoms with van der Waals surface area (Å²) in [5, 5.41) is 39.2. The van der Waals surface area contributed by atoms with Gasteiger partial charge in [0.05, 0.1) is 10.4 Å². The summed E-state index contributed by atoms with van der Waals surface area (Å²) in [6, 6.07) is 10.1. The molecule has 0 amide bonds. The summed E-state index contributed by atoms with van der Waals surface area (Å²) in [6.07, 6.45) is 0. The van der Waals surface area contributed by atoms with Crippen LogP contribution in [0, 0.1) is 10.1 Å². The van der Waals surface area contributed by atoms with Crippen LogP contribution in [-0.2, 0) is 10.1 Å². The lowest BCUT2D eigenvalue weighted by Crippen LogP contribution is -2.05. The van der Waals surface area contributed by atoms with Gasteiger partial charge in [-0.05, 0) is 18.2 Å². The normalized spacial score (nSPS) is 12.0. The van der Waals surface area contributed by atoms with Crippen molar-refractivity contribution in [1.82, 2.24) is 4.98 Å². The Morgan fingerprint density at radius 2 is 1.62 bits per heavy atom. The van der Waals surface area contributed by atoms with Crippen LogP contribution >= 0.6 is 0 Å². The average Bonchev–Trinajstić information content (AvgIpc) is 2.73. The minimum Gasteiger partial charge on any atom is -0.506 e. The fourth-order valence-electron chi connectivity index (χ4n) is 3.19. The highest BCUT2D eigenvalue weighted by atomic mass is 32.2. The third kappa shape index (κ3) is 3.51. The van der Waals surface area contributed by atoms with E-state index in [-0.39, 0.29) is 21.8 Å². The molecule has 0 saturated heterocycles. The molecule has 0 aliphatic heterocycles. The second kappa shape index (κ2) is 7.40. The van der Waals surface area contributed by atoms with E-state index < -0.39 is 48.4 Å². The standard InChI is InChI=1S/C19H12N4O8S/c24-14-8-15(32(29,30)31)12-7-9(23(27)28)5-6-10(12)16(14)21-22-17-18(25)11-3-1-2-4-13(11)20-19(17)26/h1-8,24H,(H2,20,25,26)(H,29,30,31). The second-order valence-electron chi connectivity index (χ2n) is 6.60. The van der Waals surface area contributed by atoms with E-state index in [2.05, 4.69) is 15.2 Å². The molecule has 0 aliphatic carbocycles. The highest BCUT2D eigenvalue weighted by molar-refractivity contribution is 7.86. The van der Waals surface area contributed by atoms with Crippen molar-refractivity contribution in [1.29, 1.82) is 0 Å². The molecule has 4 N–H and O–H groups in total. The van der Waals surface area contributed by atoms with Crippen LogP contribution in [0.15, 0.2) is 68.4 Å². The smallest absolute Gasteiger partial charge is 0.295 e. The summed E-state index contributed by atoms with van der Waals surface area (Å²) < 4.78 is 32.9. The number of H-pyrrole nitrogens is 1. The fraction of sp³-hybridized carbons (Fsp3) is 0. The van der Waals surface area contributed by atoms with Crippen molar-refractivity contribution in [2.24, 2.45) is 10.2 Å². The number of nitrogens with zero attached hydrogens (tertiary/aromatic N) is 3. The Morgan fingerprint density at radius 1 is 0.938 bits per heavy atom. The molecule has 0 unspecified atom stereocenters. The Labute approximate surface area is 178 Å². The van der Waals surface area contributed by atoms with Crippen LogP contribution in [0.3, 0.4) is 0 Å². The van der Waals surface area contributed by atoms with Gasteiger partial charge in [0.15, 0.2) is 11.4 Å². The van der Waals surface area contributed by atoms with Crippen LogP contribution in [0.1, 0.15) is 0 Å². The van der Waals surface area contributed by atoms with E-state index in [1.807, 2.05) is 0 Å². The fourth-order valence-corrected chi connectivity index (χ4v) is 3.90. The molecule has 1 heterocycles. The number of hydrogen-bond acceptors (Lipinski definition) is 9. The van der Waals surface area contributed by atoms with Gasteiger partial charge in [0, 0.05) is 34.4 Å². The van der Waals surface area contributed by atoms with E-state index >= 15 is 0 Å².